The second-order valence-corrected chi connectivity index (χ2v) is 6.77. The molecule has 0 atom stereocenters. The first-order valence-corrected chi connectivity index (χ1v) is 8.87. The van der Waals surface area contributed by atoms with E-state index in [-0.39, 0.29) is 0 Å². The Labute approximate surface area is 146 Å². The van der Waals surface area contributed by atoms with Crippen LogP contribution in [0.5, 0.6) is 5.75 Å². The van der Waals surface area contributed by atoms with Crippen LogP contribution in [0, 0.1) is 0 Å². The van der Waals surface area contributed by atoms with E-state index in [1.807, 2.05) is 47.0 Å². The summed E-state index contributed by atoms with van der Waals surface area (Å²) < 4.78 is 8.94. The Morgan fingerprint density at radius 2 is 1.91 bits per heavy atom. The molecule has 0 aliphatic rings. The lowest BCUT2D eigenvalue weighted by molar-refractivity contribution is 0.308. The standard InChI is InChI=1S/C18H13BrN2OS/c19-17-16(15-9-5-11-23-15)20-18-14(8-4-10-21(17)18)22-12-13-6-2-1-3-7-13/h1-11H,12H2. The minimum atomic E-state index is 0.527. The number of ether oxygens (including phenoxy) is 1. The zero-order valence-electron chi connectivity index (χ0n) is 12.1. The van der Waals surface area contributed by atoms with Gasteiger partial charge in [-0.05, 0) is 45.1 Å². The largest absolute Gasteiger partial charge is 0.485 e. The van der Waals surface area contributed by atoms with Gasteiger partial charge in [-0.25, -0.2) is 4.98 Å². The SMILES string of the molecule is Brc1c(-c2cccs2)nc2c(OCc3ccccc3)cccn12. The predicted octanol–water partition coefficient (Wildman–Crippen LogP) is 5.40. The van der Waals surface area contributed by atoms with Gasteiger partial charge in [0, 0.05) is 6.20 Å². The van der Waals surface area contributed by atoms with E-state index in [0.29, 0.717) is 6.61 Å². The van der Waals surface area contributed by atoms with Crippen LogP contribution in [-0.2, 0) is 6.61 Å². The van der Waals surface area contributed by atoms with Gasteiger partial charge in [0.1, 0.15) is 16.9 Å². The molecule has 0 aliphatic carbocycles. The highest BCUT2D eigenvalue weighted by atomic mass is 79.9. The van der Waals surface area contributed by atoms with E-state index in [0.717, 1.165) is 32.1 Å². The van der Waals surface area contributed by atoms with Crippen LogP contribution in [0.4, 0.5) is 0 Å². The highest BCUT2D eigenvalue weighted by molar-refractivity contribution is 9.10. The van der Waals surface area contributed by atoms with Gasteiger partial charge >= 0.3 is 0 Å². The Bertz CT molecular complexity index is 932. The molecule has 0 N–H and O–H groups in total. The van der Waals surface area contributed by atoms with Gasteiger partial charge < -0.3 is 4.74 Å². The third-order valence-electron chi connectivity index (χ3n) is 3.55. The second kappa shape index (κ2) is 6.18. The zero-order chi connectivity index (χ0) is 15.6. The molecule has 4 rings (SSSR count). The summed E-state index contributed by atoms with van der Waals surface area (Å²) in [5, 5.41) is 2.05. The zero-order valence-corrected chi connectivity index (χ0v) is 14.5. The molecule has 0 saturated carbocycles. The fraction of sp³-hybridized carbons (Fsp3) is 0.0556. The lowest BCUT2D eigenvalue weighted by atomic mass is 10.2. The number of aromatic nitrogens is 2. The summed E-state index contributed by atoms with van der Waals surface area (Å²) in [6.07, 6.45) is 1.99. The lowest BCUT2D eigenvalue weighted by Crippen LogP contribution is -1.97. The van der Waals surface area contributed by atoms with E-state index in [1.165, 1.54) is 0 Å². The monoisotopic (exact) mass is 384 g/mol. The van der Waals surface area contributed by atoms with E-state index < -0.39 is 0 Å². The number of fused-ring (bicyclic) bond motifs is 1. The molecule has 0 unspecified atom stereocenters. The van der Waals surface area contributed by atoms with E-state index in [1.54, 1.807) is 11.3 Å². The molecule has 3 heterocycles. The van der Waals surface area contributed by atoms with Crippen LogP contribution in [0.25, 0.3) is 16.2 Å². The van der Waals surface area contributed by atoms with Crippen molar-refractivity contribution in [3.05, 3.63) is 76.3 Å². The number of rotatable bonds is 4. The normalized spacial score (nSPS) is 11.0. The molecule has 0 amide bonds. The summed E-state index contributed by atoms with van der Waals surface area (Å²) >= 11 is 5.33. The van der Waals surface area contributed by atoms with Gasteiger partial charge in [-0.2, -0.15) is 0 Å². The summed E-state index contributed by atoms with van der Waals surface area (Å²) in [5.74, 6) is 0.778. The smallest absolute Gasteiger partial charge is 0.181 e. The van der Waals surface area contributed by atoms with Crippen LogP contribution in [0.3, 0.4) is 0 Å². The van der Waals surface area contributed by atoms with Gasteiger partial charge in [0.2, 0.25) is 0 Å². The third kappa shape index (κ3) is 2.78. The highest BCUT2D eigenvalue weighted by Crippen LogP contribution is 2.34. The molecule has 0 aliphatic heterocycles. The Morgan fingerprint density at radius 1 is 1.04 bits per heavy atom. The van der Waals surface area contributed by atoms with Crippen molar-refractivity contribution in [1.82, 2.24) is 9.38 Å². The molecule has 1 aromatic carbocycles. The number of imidazole rings is 1. The Balaban J connectivity index is 1.72. The number of hydrogen-bond donors (Lipinski definition) is 0. The first-order chi connectivity index (χ1) is 11.3. The van der Waals surface area contributed by atoms with Crippen molar-refractivity contribution in [3.8, 4) is 16.3 Å². The molecule has 0 radical (unpaired) electrons. The maximum atomic E-state index is 5.99. The number of hydrogen-bond acceptors (Lipinski definition) is 3. The molecular formula is C18H13BrN2OS. The lowest BCUT2D eigenvalue weighted by Gasteiger charge is -2.07. The molecular weight excluding hydrogens is 372 g/mol. The minimum Gasteiger partial charge on any atom is -0.485 e. The van der Waals surface area contributed by atoms with Crippen LogP contribution >= 0.6 is 27.3 Å². The van der Waals surface area contributed by atoms with Crippen molar-refractivity contribution < 1.29 is 4.74 Å². The van der Waals surface area contributed by atoms with Crippen LogP contribution < -0.4 is 4.74 Å². The van der Waals surface area contributed by atoms with Crippen molar-refractivity contribution in [2.24, 2.45) is 0 Å². The molecule has 0 fully saturated rings. The fourth-order valence-corrected chi connectivity index (χ4v) is 3.87. The number of benzene rings is 1. The molecule has 3 nitrogen and oxygen atoms in total. The topological polar surface area (TPSA) is 26.5 Å². The van der Waals surface area contributed by atoms with Crippen LogP contribution in [0.2, 0.25) is 0 Å². The quantitative estimate of drug-likeness (QED) is 0.470. The molecule has 0 spiro atoms. The average molecular weight is 385 g/mol. The molecule has 0 saturated heterocycles. The van der Waals surface area contributed by atoms with Crippen LogP contribution in [0.15, 0.2) is 70.8 Å². The molecule has 0 bridgehead atoms. The highest BCUT2D eigenvalue weighted by Gasteiger charge is 2.15. The van der Waals surface area contributed by atoms with Gasteiger partial charge in [-0.3, -0.25) is 4.40 Å². The van der Waals surface area contributed by atoms with Gasteiger partial charge in [0.25, 0.3) is 0 Å². The van der Waals surface area contributed by atoms with Gasteiger partial charge in [0.05, 0.1) is 4.88 Å². The first-order valence-electron chi connectivity index (χ1n) is 7.20. The summed E-state index contributed by atoms with van der Waals surface area (Å²) in [6, 6.07) is 18.2. The number of pyridine rings is 1. The van der Waals surface area contributed by atoms with Gasteiger partial charge in [-0.1, -0.05) is 36.4 Å². The third-order valence-corrected chi connectivity index (χ3v) is 5.18. The van der Waals surface area contributed by atoms with Crippen LogP contribution in [-0.4, -0.2) is 9.38 Å². The van der Waals surface area contributed by atoms with Gasteiger partial charge in [-0.15, -0.1) is 11.3 Å². The molecule has 23 heavy (non-hydrogen) atoms. The van der Waals surface area contributed by atoms with Crippen molar-refractivity contribution in [2.45, 2.75) is 6.61 Å². The fourth-order valence-electron chi connectivity index (χ4n) is 2.43. The maximum absolute atomic E-state index is 5.99. The predicted molar refractivity (Wildman–Crippen MR) is 97.0 cm³/mol. The Kier molecular flexibility index (Phi) is 3.89. The van der Waals surface area contributed by atoms with E-state index in [4.69, 9.17) is 9.72 Å². The number of nitrogens with zero attached hydrogens (tertiary/aromatic N) is 2. The first kappa shape index (κ1) is 14.5. The second-order valence-electron chi connectivity index (χ2n) is 5.07. The van der Waals surface area contributed by atoms with Gasteiger partial charge in [0.15, 0.2) is 11.4 Å². The average Bonchev–Trinajstić information content (AvgIpc) is 3.22. The minimum absolute atomic E-state index is 0.527. The number of halogens is 1. The van der Waals surface area contributed by atoms with Crippen molar-refractivity contribution >= 4 is 32.9 Å². The van der Waals surface area contributed by atoms with E-state index in [2.05, 4.69) is 39.5 Å². The molecule has 4 aromatic rings. The summed E-state index contributed by atoms with van der Waals surface area (Å²) in [6.45, 7) is 0.527. The maximum Gasteiger partial charge on any atom is 0.181 e. The van der Waals surface area contributed by atoms with Crippen molar-refractivity contribution in [3.63, 3.8) is 0 Å². The summed E-state index contributed by atoms with van der Waals surface area (Å²) in [4.78, 5) is 5.90. The van der Waals surface area contributed by atoms with Crippen molar-refractivity contribution in [1.29, 1.82) is 0 Å². The Morgan fingerprint density at radius 3 is 2.70 bits per heavy atom. The Hall–Kier alpha value is -2.11. The van der Waals surface area contributed by atoms with Crippen molar-refractivity contribution in [2.75, 3.05) is 0 Å². The number of thiophene rings is 1. The molecule has 114 valence electrons. The molecule has 5 heteroatoms. The summed E-state index contributed by atoms with van der Waals surface area (Å²) in [5.41, 5.74) is 2.90. The summed E-state index contributed by atoms with van der Waals surface area (Å²) in [7, 11) is 0. The van der Waals surface area contributed by atoms with Crippen LogP contribution in [0.1, 0.15) is 5.56 Å². The van der Waals surface area contributed by atoms with E-state index >= 15 is 0 Å². The molecule has 3 aromatic heterocycles. The van der Waals surface area contributed by atoms with E-state index in [9.17, 15) is 0 Å².